The standard InChI is InChI=1S/C20H18ClN5O3S/c1-2-16(27)22-14-9-5-3-7-12(14)18-19(29)24-20(26-25-18)30-11-17(28)23-15-10-6-4-8-13(15)21/h3-10H,2,11H2,1H3,(H,22,27)(H,23,28)(H,24,26,29). The maximum Gasteiger partial charge on any atom is 0.278 e. The molecular formula is C20H18ClN5O3S. The predicted octanol–water partition coefficient (Wildman–Crippen LogP) is 3.56. The minimum atomic E-state index is -0.475. The van der Waals surface area contributed by atoms with Gasteiger partial charge in [0.15, 0.2) is 10.9 Å². The molecule has 0 aliphatic heterocycles. The Morgan fingerprint density at radius 2 is 1.67 bits per heavy atom. The van der Waals surface area contributed by atoms with Gasteiger partial charge in [0.25, 0.3) is 5.56 Å². The summed E-state index contributed by atoms with van der Waals surface area (Å²) in [5.41, 5.74) is 1.04. The first kappa shape index (κ1) is 21.5. The molecule has 0 aliphatic rings. The first-order valence-electron chi connectivity index (χ1n) is 9.01. The average Bonchev–Trinajstić information content (AvgIpc) is 2.74. The van der Waals surface area contributed by atoms with E-state index in [0.717, 1.165) is 11.8 Å². The van der Waals surface area contributed by atoms with Crippen LogP contribution in [0.2, 0.25) is 5.02 Å². The highest BCUT2D eigenvalue weighted by molar-refractivity contribution is 7.99. The molecule has 154 valence electrons. The molecule has 0 saturated heterocycles. The molecule has 3 rings (SSSR count). The molecule has 0 bridgehead atoms. The highest BCUT2D eigenvalue weighted by Gasteiger charge is 2.14. The number of carbonyl (C=O) groups is 2. The van der Waals surface area contributed by atoms with Crippen molar-refractivity contribution in [2.24, 2.45) is 0 Å². The van der Waals surface area contributed by atoms with E-state index in [9.17, 15) is 14.4 Å². The lowest BCUT2D eigenvalue weighted by Gasteiger charge is -2.09. The van der Waals surface area contributed by atoms with Crippen molar-refractivity contribution >= 4 is 46.6 Å². The van der Waals surface area contributed by atoms with Crippen LogP contribution in [0.4, 0.5) is 11.4 Å². The summed E-state index contributed by atoms with van der Waals surface area (Å²) in [5.74, 6) is -0.464. The number of nitrogens with zero attached hydrogens (tertiary/aromatic N) is 2. The van der Waals surface area contributed by atoms with Crippen LogP contribution in [0.25, 0.3) is 11.3 Å². The van der Waals surface area contributed by atoms with Crippen molar-refractivity contribution in [3.63, 3.8) is 0 Å². The first-order valence-corrected chi connectivity index (χ1v) is 10.4. The lowest BCUT2D eigenvalue weighted by Crippen LogP contribution is -2.18. The van der Waals surface area contributed by atoms with E-state index in [1.165, 1.54) is 0 Å². The van der Waals surface area contributed by atoms with Crippen LogP contribution < -0.4 is 16.2 Å². The topological polar surface area (TPSA) is 117 Å². The zero-order valence-corrected chi connectivity index (χ0v) is 17.5. The Balaban J connectivity index is 1.70. The summed E-state index contributed by atoms with van der Waals surface area (Å²) in [5, 5.41) is 14.1. The molecule has 0 aliphatic carbocycles. The van der Waals surface area contributed by atoms with E-state index < -0.39 is 5.56 Å². The van der Waals surface area contributed by atoms with Crippen molar-refractivity contribution < 1.29 is 9.59 Å². The van der Waals surface area contributed by atoms with E-state index in [1.807, 2.05) is 0 Å². The summed E-state index contributed by atoms with van der Waals surface area (Å²) in [7, 11) is 0. The zero-order chi connectivity index (χ0) is 21.5. The van der Waals surface area contributed by atoms with Gasteiger partial charge in [0, 0.05) is 12.0 Å². The number of halogens is 1. The molecule has 0 unspecified atom stereocenters. The fourth-order valence-electron chi connectivity index (χ4n) is 2.48. The normalized spacial score (nSPS) is 10.5. The van der Waals surface area contributed by atoms with Crippen LogP contribution in [0.1, 0.15) is 13.3 Å². The number of carbonyl (C=O) groups excluding carboxylic acids is 2. The molecule has 0 saturated carbocycles. The van der Waals surface area contributed by atoms with E-state index in [0.29, 0.717) is 28.4 Å². The predicted molar refractivity (Wildman–Crippen MR) is 118 cm³/mol. The highest BCUT2D eigenvalue weighted by Crippen LogP contribution is 2.24. The number of hydrogen-bond acceptors (Lipinski definition) is 6. The first-order chi connectivity index (χ1) is 14.5. The Morgan fingerprint density at radius 3 is 2.37 bits per heavy atom. The Morgan fingerprint density at radius 1 is 1.00 bits per heavy atom. The average molecular weight is 444 g/mol. The third-order valence-electron chi connectivity index (χ3n) is 3.94. The quantitative estimate of drug-likeness (QED) is 0.480. The van der Waals surface area contributed by atoms with Gasteiger partial charge in [-0.05, 0) is 18.2 Å². The zero-order valence-electron chi connectivity index (χ0n) is 15.9. The smallest absolute Gasteiger partial charge is 0.278 e. The summed E-state index contributed by atoms with van der Waals surface area (Å²) < 4.78 is 0. The lowest BCUT2D eigenvalue weighted by atomic mass is 10.1. The van der Waals surface area contributed by atoms with Crippen LogP contribution in [0.15, 0.2) is 58.5 Å². The van der Waals surface area contributed by atoms with Gasteiger partial charge in [0.2, 0.25) is 11.8 Å². The number of amides is 2. The van der Waals surface area contributed by atoms with Crippen molar-refractivity contribution in [1.29, 1.82) is 0 Å². The van der Waals surface area contributed by atoms with Gasteiger partial charge in [0.1, 0.15) is 0 Å². The largest absolute Gasteiger partial charge is 0.325 e. The number of nitrogens with one attached hydrogen (secondary N) is 3. The van der Waals surface area contributed by atoms with Gasteiger partial charge in [0.05, 0.1) is 22.2 Å². The monoisotopic (exact) mass is 443 g/mol. The van der Waals surface area contributed by atoms with E-state index in [2.05, 4.69) is 25.8 Å². The molecule has 0 spiro atoms. The van der Waals surface area contributed by atoms with Gasteiger partial charge in [-0.2, -0.15) is 0 Å². The maximum atomic E-state index is 12.5. The molecule has 1 aromatic heterocycles. The van der Waals surface area contributed by atoms with Gasteiger partial charge < -0.3 is 10.6 Å². The Kier molecular flexibility index (Phi) is 7.21. The molecule has 8 nitrogen and oxygen atoms in total. The Labute approximate surface area is 181 Å². The molecule has 0 fully saturated rings. The number of hydrogen-bond donors (Lipinski definition) is 3. The summed E-state index contributed by atoms with van der Waals surface area (Å²) in [6.07, 6.45) is 0.308. The van der Waals surface area contributed by atoms with Crippen molar-refractivity contribution in [3.8, 4) is 11.3 Å². The fraction of sp³-hybridized carbons (Fsp3) is 0.150. The molecule has 1 heterocycles. The van der Waals surface area contributed by atoms with Crippen LogP contribution in [-0.4, -0.2) is 32.7 Å². The molecule has 2 aromatic carbocycles. The number of aromatic amines is 1. The number of benzene rings is 2. The maximum absolute atomic E-state index is 12.5. The van der Waals surface area contributed by atoms with Crippen LogP contribution in [0.3, 0.4) is 0 Å². The van der Waals surface area contributed by atoms with Crippen LogP contribution >= 0.6 is 23.4 Å². The molecule has 0 radical (unpaired) electrons. The number of para-hydroxylation sites is 2. The SMILES string of the molecule is CCC(=O)Nc1ccccc1-c1nnc(SCC(=O)Nc2ccccc2Cl)[nH]c1=O. The van der Waals surface area contributed by atoms with Crippen molar-refractivity contribution in [2.45, 2.75) is 18.5 Å². The number of rotatable bonds is 7. The van der Waals surface area contributed by atoms with Crippen LogP contribution in [0.5, 0.6) is 0 Å². The summed E-state index contributed by atoms with van der Waals surface area (Å²) in [6.45, 7) is 1.73. The molecule has 3 N–H and O–H groups in total. The van der Waals surface area contributed by atoms with Gasteiger partial charge in [-0.1, -0.05) is 60.6 Å². The molecule has 3 aromatic rings. The second-order valence-corrected chi connectivity index (χ2v) is 7.44. The molecule has 2 amide bonds. The van der Waals surface area contributed by atoms with E-state index in [4.69, 9.17) is 11.6 Å². The van der Waals surface area contributed by atoms with Gasteiger partial charge >= 0.3 is 0 Å². The number of thioether (sulfide) groups is 1. The molecule has 0 atom stereocenters. The minimum absolute atomic E-state index is 0.0122. The summed E-state index contributed by atoms with van der Waals surface area (Å²) in [4.78, 5) is 39.0. The molecular weight excluding hydrogens is 426 g/mol. The van der Waals surface area contributed by atoms with Crippen LogP contribution in [0, 0.1) is 0 Å². The number of aromatic nitrogens is 3. The third-order valence-corrected chi connectivity index (χ3v) is 5.13. The minimum Gasteiger partial charge on any atom is -0.325 e. The molecule has 30 heavy (non-hydrogen) atoms. The van der Waals surface area contributed by atoms with Gasteiger partial charge in [-0.3, -0.25) is 19.4 Å². The van der Waals surface area contributed by atoms with E-state index in [1.54, 1.807) is 55.5 Å². The third kappa shape index (κ3) is 5.46. The van der Waals surface area contributed by atoms with Crippen molar-refractivity contribution in [3.05, 3.63) is 63.9 Å². The second-order valence-electron chi connectivity index (χ2n) is 6.07. The van der Waals surface area contributed by atoms with E-state index in [-0.39, 0.29) is 28.4 Å². The Hall–Kier alpha value is -3.17. The number of H-pyrrole nitrogens is 1. The Bertz CT molecular complexity index is 1140. The molecule has 10 heteroatoms. The van der Waals surface area contributed by atoms with Crippen molar-refractivity contribution in [1.82, 2.24) is 15.2 Å². The van der Waals surface area contributed by atoms with Gasteiger partial charge in [-0.25, -0.2) is 0 Å². The van der Waals surface area contributed by atoms with Crippen molar-refractivity contribution in [2.75, 3.05) is 16.4 Å². The lowest BCUT2D eigenvalue weighted by molar-refractivity contribution is -0.116. The fourth-order valence-corrected chi connectivity index (χ4v) is 3.27. The highest BCUT2D eigenvalue weighted by atomic mass is 35.5. The number of anilines is 2. The van der Waals surface area contributed by atoms with E-state index >= 15 is 0 Å². The summed E-state index contributed by atoms with van der Waals surface area (Å²) in [6, 6.07) is 13.7. The summed E-state index contributed by atoms with van der Waals surface area (Å²) >= 11 is 7.05. The van der Waals surface area contributed by atoms with Crippen LogP contribution in [-0.2, 0) is 9.59 Å². The second kappa shape index (κ2) is 10.0. The van der Waals surface area contributed by atoms with Gasteiger partial charge in [-0.15, -0.1) is 10.2 Å².